The first-order valence-corrected chi connectivity index (χ1v) is 29.9. The van der Waals surface area contributed by atoms with E-state index in [2.05, 4.69) is 43.5 Å². The molecule has 9 heteroatoms. The van der Waals surface area contributed by atoms with E-state index in [1.807, 2.05) is 27.2 Å². The Morgan fingerprint density at radius 2 is 0.833 bits per heavy atom. The first kappa shape index (κ1) is 64.7. The van der Waals surface area contributed by atoms with Crippen LogP contribution in [0.2, 0.25) is 0 Å². The van der Waals surface area contributed by atoms with Crippen LogP contribution < -0.4 is 5.32 Å². The Morgan fingerprint density at radius 3 is 1.21 bits per heavy atom. The number of nitrogens with one attached hydrogen (secondary N) is 1. The number of likely N-dealkylation sites (N-methyl/N-ethyl adjacent to an activating group) is 1. The summed E-state index contributed by atoms with van der Waals surface area (Å²) in [5.41, 5.74) is 0. The summed E-state index contributed by atoms with van der Waals surface area (Å²) in [6.45, 7) is 4.83. The number of hydrogen-bond donors (Lipinski definition) is 3. The van der Waals surface area contributed by atoms with Crippen molar-refractivity contribution < 1.29 is 32.9 Å². The molecule has 8 nitrogen and oxygen atoms in total. The second-order valence-corrected chi connectivity index (χ2v) is 22.1. The van der Waals surface area contributed by atoms with Crippen LogP contribution in [0.4, 0.5) is 0 Å². The van der Waals surface area contributed by atoms with Gasteiger partial charge in [0.05, 0.1) is 39.9 Å². The van der Waals surface area contributed by atoms with Crippen molar-refractivity contribution in [3.63, 3.8) is 0 Å². The zero-order valence-corrected chi connectivity index (χ0v) is 45.3. The second kappa shape index (κ2) is 48.7. The van der Waals surface area contributed by atoms with Crippen LogP contribution in [-0.2, 0) is 18.4 Å². The molecule has 0 aromatic carbocycles. The number of hydrogen-bond acceptors (Lipinski definition) is 5. The summed E-state index contributed by atoms with van der Waals surface area (Å²) in [5.74, 6) is -0.185. The number of quaternary nitrogens is 1. The molecule has 0 radical (unpaired) electrons. The Balaban J connectivity index is 4.26. The summed E-state index contributed by atoms with van der Waals surface area (Å²) in [5, 5.41) is 13.9. The van der Waals surface area contributed by atoms with Gasteiger partial charge in [-0.1, -0.05) is 243 Å². The molecule has 3 atom stereocenters. The van der Waals surface area contributed by atoms with E-state index in [0.29, 0.717) is 17.4 Å². The molecule has 0 aromatic rings. The lowest BCUT2D eigenvalue weighted by molar-refractivity contribution is -0.870. The molecule has 3 unspecified atom stereocenters. The fourth-order valence-corrected chi connectivity index (χ4v) is 9.08. The number of aliphatic hydroxyl groups excluding tert-OH is 1. The monoisotopic (exact) mass is 952 g/mol. The van der Waals surface area contributed by atoms with E-state index in [9.17, 15) is 19.4 Å². The van der Waals surface area contributed by atoms with Crippen LogP contribution in [0.25, 0.3) is 0 Å². The van der Waals surface area contributed by atoms with Gasteiger partial charge >= 0.3 is 7.82 Å². The Labute approximate surface area is 410 Å². The number of carbonyl (C=O) groups excluding carboxylic acids is 1. The van der Waals surface area contributed by atoms with Crippen LogP contribution in [0.15, 0.2) is 36.5 Å². The normalized spacial score (nSPS) is 14.2. The Hall–Kier alpha value is -1.28. The van der Waals surface area contributed by atoms with Crippen molar-refractivity contribution in [2.24, 2.45) is 0 Å². The van der Waals surface area contributed by atoms with Crippen LogP contribution in [0.3, 0.4) is 0 Å². The number of phosphoric ester groups is 1. The Bertz CT molecular complexity index is 1170. The molecular formula is C57H112N2O6P+. The number of carbonyl (C=O) groups is 1. The number of aliphatic hydroxyl groups is 1. The number of unbranched alkanes of at least 4 members (excludes halogenated alkanes) is 35. The lowest BCUT2D eigenvalue weighted by Crippen LogP contribution is -2.45. The minimum Gasteiger partial charge on any atom is -0.387 e. The van der Waals surface area contributed by atoms with E-state index in [4.69, 9.17) is 9.05 Å². The lowest BCUT2D eigenvalue weighted by Gasteiger charge is -2.25. The number of nitrogens with zero attached hydrogens (tertiary/aromatic N) is 1. The van der Waals surface area contributed by atoms with Crippen LogP contribution in [0.5, 0.6) is 0 Å². The van der Waals surface area contributed by atoms with E-state index in [1.54, 1.807) is 6.08 Å². The third kappa shape index (κ3) is 50.6. The minimum absolute atomic E-state index is 0.0568. The number of phosphoric acid groups is 1. The van der Waals surface area contributed by atoms with Gasteiger partial charge in [0.25, 0.3) is 0 Å². The second-order valence-electron chi connectivity index (χ2n) is 20.7. The van der Waals surface area contributed by atoms with E-state index < -0.39 is 20.0 Å². The van der Waals surface area contributed by atoms with Gasteiger partial charge in [0.15, 0.2) is 0 Å². The summed E-state index contributed by atoms with van der Waals surface area (Å²) in [6, 6.07) is -0.863. The predicted octanol–water partition coefficient (Wildman–Crippen LogP) is 17.0. The van der Waals surface area contributed by atoms with Crippen molar-refractivity contribution in [2.45, 2.75) is 283 Å². The molecular weight excluding hydrogens is 840 g/mol. The third-order valence-corrected chi connectivity index (χ3v) is 13.8. The van der Waals surface area contributed by atoms with Crippen LogP contribution >= 0.6 is 7.82 Å². The first-order chi connectivity index (χ1) is 32.0. The van der Waals surface area contributed by atoms with Crippen LogP contribution in [0.1, 0.15) is 271 Å². The smallest absolute Gasteiger partial charge is 0.387 e. The van der Waals surface area contributed by atoms with Crippen LogP contribution in [0, 0.1) is 0 Å². The molecule has 0 bridgehead atoms. The van der Waals surface area contributed by atoms with Crippen molar-refractivity contribution in [2.75, 3.05) is 40.9 Å². The summed E-state index contributed by atoms with van der Waals surface area (Å²) >= 11 is 0. The molecule has 0 aromatic heterocycles. The van der Waals surface area contributed by atoms with Gasteiger partial charge in [0.1, 0.15) is 13.2 Å². The molecule has 0 heterocycles. The van der Waals surface area contributed by atoms with Gasteiger partial charge in [-0.3, -0.25) is 13.8 Å². The lowest BCUT2D eigenvalue weighted by atomic mass is 10.0. The fourth-order valence-electron chi connectivity index (χ4n) is 8.35. The minimum atomic E-state index is -4.35. The van der Waals surface area contributed by atoms with E-state index in [0.717, 1.165) is 38.5 Å². The fraction of sp³-hybridized carbons (Fsp3) is 0.877. The van der Waals surface area contributed by atoms with Crippen molar-refractivity contribution in [1.29, 1.82) is 0 Å². The first-order valence-electron chi connectivity index (χ1n) is 28.4. The molecule has 0 saturated heterocycles. The molecule has 0 aliphatic carbocycles. The quantitative estimate of drug-likeness (QED) is 0.0243. The summed E-state index contributed by atoms with van der Waals surface area (Å²) < 4.78 is 23.7. The molecule has 0 rings (SSSR count). The maximum absolute atomic E-state index is 13.0. The van der Waals surface area contributed by atoms with Crippen molar-refractivity contribution in [3.05, 3.63) is 36.5 Å². The van der Waals surface area contributed by atoms with E-state index in [1.165, 1.54) is 212 Å². The third-order valence-electron chi connectivity index (χ3n) is 12.8. The standard InChI is InChI=1S/C57H111N2O6P/c1-6-8-10-12-14-16-18-20-22-24-26-28-29-31-33-35-37-39-41-43-45-47-49-51-57(61)58-55(54-65-66(62,63)64-53-52-59(3,4)5)56(60)50-48-46-44-42-40-38-36-34-32-30-27-25-23-21-19-17-15-13-11-9-7-2/h24,26,40,42,48,50,55-56,60H,6-23,25,27-39,41,43-47,49,51-54H2,1-5H3,(H-,58,61,62,63)/p+1/b26-24-,42-40+,50-48+. The summed E-state index contributed by atoms with van der Waals surface area (Å²) in [7, 11) is 1.56. The largest absolute Gasteiger partial charge is 0.472 e. The highest BCUT2D eigenvalue weighted by Gasteiger charge is 2.27. The average Bonchev–Trinajstić information content (AvgIpc) is 3.28. The van der Waals surface area contributed by atoms with Gasteiger partial charge in [0, 0.05) is 6.42 Å². The SMILES string of the molecule is CCCCCCCCCC/C=C\CCCCCCCCCCCCCC(=O)NC(COP(=O)(O)OCC[N+](C)(C)C)C(O)/C=C/CC/C=C/CCCCCCCCCCCCCCCCC. The van der Waals surface area contributed by atoms with Gasteiger partial charge in [-0.25, -0.2) is 4.57 Å². The molecule has 390 valence electrons. The molecule has 3 N–H and O–H groups in total. The maximum atomic E-state index is 13.0. The van der Waals surface area contributed by atoms with Gasteiger partial charge < -0.3 is 19.8 Å². The topological polar surface area (TPSA) is 105 Å². The van der Waals surface area contributed by atoms with Crippen LogP contribution in [-0.4, -0.2) is 73.4 Å². The van der Waals surface area contributed by atoms with Gasteiger partial charge in [-0.15, -0.1) is 0 Å². The number of amides is 1. The summed E-state index contributed by atoms with van der Waals surface area (Å²) in [4.78, 5) is 23.3. The molecule has 66 heavy (non-hydrogen) atoms. The molecule has 0 saturated carbocycles. The molecule has 1 amide bonds. The van der Waals surface area contributed by atoms with Gasteiger partial charge in [-0.2, -0.15) is 0 Å². The Kier molecular flexibility index (Phi) is 47.8. The maximum Gasteiger partial charge on any atom is 0.472 e. The molecule has 0 aliphatic heterocycles. The highest BCUT2D eigenvalue weighted by molar-refractivity contribution is 7.47. The predicted molar refractivity (Wildman–Crippen MR) is 286 cm³/mol. The highest BCUT2D eigenvalue weighted by Crippen LogP contribution is 2.43. The van der Waals surface area contributed by atoms with Gasteiger partial charge in [0.2, 0.25) is 5.91 Å². The summed E-state index contributed by atoms with van der Waals surface area (Å²) in [6.07, 6.45) is 62.4. The molecule has 0 aliphatic rings. The van der Waals surface area contributed by atoms with Crippen molar-refractivity contribution in [3.8, 4) is 0 Å². The number of rotatable bonds is 52. The van der Waals surface area contributed by atoms with Crippen molar-refractivity contribution >= 4 is 13.7 Å². The zero-order chi connectivity index (χ0) is 48.5. The molecule has 0 spiro atoms. The van der Waals surface area contributed by atoms with E-state index in [-0.39, 0.29) is 19.1 Å². The van der Waals surface area contributed by atoms with Gasteiger partial charge in [-0.05, 0) is 57.8 Å². The molecule has 0 fully saturated rings. The highest BCUT2D eigenvalue weighted by atomic mass is 31.2. The van der Waals surface area contributed by atoms with Crippen molar-refractivity contribution in [1.82, 2.24) is 5.32 Å². The van der Waals surface area contributed by atoms with E-state index >= 15 is 0 Å². The zero-order valence-electron chi connectivity index (χ0n) is 44.4. The Morgan fingerprint density at radius 1 is 0.500 bits per heavy atom. The average molecular weight is 953 g/mol. The number of allylic oxidation sites excluding steroid dienone is 5.